The second kappa shape index (κ2) is 6.97. The van der Waals surface area contributed by atoms with Crippen LogP contribution < -0.4 is 5.32 Å². The topological polar surface area (TPSA) is 55.4 Å². The maximum absolute atomic E-state index is 10.6. The summed E-state index contributed by atoms with van der Waals surface area (Å²) in [4.78, 5) is 21.0. The summed E-state index contributed by atoms with van der Waals surface area (Å²) in [5.74, 6) is 0.841. The highest BCUT2D eigenvalue weighted by atomic mass is 32.2. The Labute approximate surface area is 76.0 Å². The average Bonchev–Trinajstić information content (AvgIpc) is 2.11. The zero-order chi connectivity index (χ0) is 9.40. The lowest BCUT2D eigenvalue weighted by atomic mass is 10.2. The summed E-state index contributed by atoms with van der Waals surface area (Å²) >= 11 is 1.63. The Hall–Kier alpha value is -0.710. The van der Waals surface area contributed by atoms with Gasteiger partial charge < -0.3 is 14.8 Å². The molecule has 1 unspecified atom stereocenters. The number of nitrogens with one attached hydrogen (secondary N) is 1. The molecule has 0 saturated heterocycles. The normalized spacial score (nSPS) is 11.8. The monoisotopic (exact) mass is 191 g/mol. The molecule has 0 radical (unpaired) electrons. The first-order chi connectivity index (χ1) is 5.74. The molecule has 4 nitrogen and oxygen atoms in total. The zero-order valence-electron chi connectivity index (χ0n) is 7.20. The van der Waals surface area contributed by atoms with E-state index in [-0.39, 0.29) is 0 Å². The van der Waals surface area contributed by atoms with E-state index in [1.807, 2.05) is 6.26 Å². The first-order valence-electron chi connectivity index (χ1n) is 3.53. The summed E-state index contributed by atoms with van der Waals surface area (Å²) in [6.07, 6.45) is 2.74. The summed E-state index contributed by atoms with van der Waals surface area (Å²) in [6, 6.07) is -0.426. The first-order valence-corrected chi connectivity index (χ1v) is 4.92. The quantitative estimate of drug-likeness (QED) is 0.649. The molecule has 0 aromatic rings. The Morgan fingerprint density at radius 3 is 2.83 bits per heavy atom. The molecule has 0 heterocycles. The Morgan fingerprint density at radius 2 is 2.42 bits per heavy atom. The molecule has 1 atom stereocenters. The lowest BCUT2D eigenvalue weighted by Gasteiger charge is -2.09. The van der Waals surface area contributed by atoms with Gasteiger partial charge in [0, 0.05) is 0 Å². The van der Waals surface area contributed by atoms with Crippen LogP contribution in [0.3, 0.4) is 0 Å². The van der Waals surface area contributed by atoms with Crippen molar-refractivity contribution in [3.05, 3.63) is 0 Å². The van der Waals surface area contributed by atoms with E-state index in [2.05, 4.69) is 10.1 Å². The smallest absolute Gasteiger partial charge is 0.407 e. The summed E-state index contributed by atoms with van der Waals surface area (Å²) in [5, 5.41) is 2.41. The molecule has 12 heavy (non-hydrogen) atoms. The van der Waals surface area contributed by atoms with Crippen molar-refractivity contribution in [2.75, 3.05) is 19.1 Å². The van der Waals surface area contributed by atoms with E-state index < -0.39 is 12.1 Å². The molecule has 70 valence electrons. The Morgan fingerprint density at radius 1 is 1.75 bits per heavy atom. The summed E-state index contributed by atoms with van der Waals surface area (Å²) in [5.41, 5.74) is 0. The minimum absolute atomic E-state index is 0.426. The van der Waals surface area contributed by atoms with Gasteiger partial charge in [-0.05, 0) is 18.4 Å². The number of carbonyl (C=O) groups excluding carboxylic acids is 2. The van der Waals surface area contributed by atoms with Gasteiger partial charge in [-0.25, -0.2) is 4.79 Å². The van der Waals surface area contributed by atoms with E-state index in [1.54, 1.807) is 11.8 Å². The third kappa shape index (κ3) is 5.01. The summed E-state index contributed by atoms with van der Waals surface area (Å²) in [6.45, 7) is 0. The molecule has 0 aliphatic heterocycles. The number of aldehydes is 1. The Kier molecular flexibility index (Phi) is 6.55. The van der Waals surface area contributed by atoms with Gasteiger partial charge in [-0.3, -0.25) is 0 Å². The molecule has 0 bridgehead atoms. The molecular formula is C7H13NO3S. The van der Waals surface area contributed by atoms with E-state index in [9.17, 15) is 9.59 Å². The van der Waals surface area contributed by atoms with Gasteiger partial charge >= 0.3 is 6.09 Å². The lowest BCUT2D eigenvalue weighted by Crippen LogP contribution is -2.36. The van der Waals surface area contributed by atoms with E-state index in [1.165, 1.54) is 7.11 Å². The molecule has 1 amide bonds. The van der Waals surface area contributed by atoms with Crippen molar-refractivity contribution in [2.24, 2.45) is 0 Å². The number of alkyl carbamates (subject to hydrolysis) is 1. The van der Waals surface area contributed by atoms with Crippen LogP contribution in [0.25, 0.3) is 0 Å². The third-order valence-corrected chi connectivity index (χ3v) is 1.93. The minimum Gasteiger partial charge on any atom is -0.453 e. The maximum atomic E-state index is 10.6. The fraction of sp³-hybridized carbons (Fsp3) is 0.714. The van der Waals surface area contributed by atoms with Gasteiger partial charge in [0.2, 0.25) is 0 Å². The van der Waals surface area contributed by atoms with Crippen molar-refractivity contribution in [3.63, 3.8) is 0 Å². The molecule has 1 N–H and O–H groups in total. The van der Waals surface area contributed by atoms with E-state index in [0.717, 1.165) is 5.75 Å². The number of carbonyl (C=O) groups is 2. The first kappa shape index (κ1) is 11.3. The average molecular weight is 191 g/mol. The Bertz CT molecular complexity index is 152. The van der Waals surface area contributed by atoms with Crippen molar-refractivity contribution in [2.45, 2.75) is 12.5 Å². The molecule has 0 spiro atoms. The fourth-order valence-corrected chi connectivity index (χ4v) is 1.12. The van der Waals surface area contributed by atoms with Gasteiger partial charge in [-0.2, -0.15) is 11.8 Å². The van der Waals surface area contributed by atoms with E-state index in [0.29, 0.717) is 12.7 Å². The number of amides is 1. The zero-order valence-corrected chi connectivity index (χ0v) is 8.02. The standard InChI is InChI=1S/C7H13NO3S/c1-11-7(10)8-6(5-9)3-4-12-2/h5-6H,3-4H2,1-2H3,(H,8,10). The second-order valence-corrected chi connectivity index (χ2v) is 3.15. The predicted molar refractivity (Wildman–Crippen MR) is 48.4 cm³/mol. The number of thioether (sulfide) groups is 1. The van der Waals surface area contributed by atoms with Crippen LogP contribution in [0.4, 0.5) is 4.79 Å². The van der Waals surface area contributed by atoms with E-state index in [4.69, 9.17) is 0 Å². The molecule has 5 heteroatoms. The van der Waals surface area contributed by atoms with Gasteiger partial charge in [0.05, 0.1) is 13.2 Å². The molecule has 0 rings (SSSR count). The maximum Gasteiger partial charge on any atom is 0.407 e. The highest BCUT2D eigenvalue weighted by Crippen LogP contribution is 1.98. The number of hydrogen-bond donors (Lipinski definition) is 1. The summed E-state index contributed by atoms with van der Waals surface area (Å²) < 4.78 is 4.35. The van der Waals surface area contributed by atoms with Gasteiger partial charge in [-0.1, -0.05) is 0 Å². The number of hydrogen-bond acceptors (Lipinski definition) is 4. The SMILES string of the molecule is COC(=O)NC(C=O)CCSC. The fourth-order valence-electron chi connectivity index (χ4n) is 0.629. The van der Waals surface area contributed by atoms with Crippen molar-refractivity contribution >= 4 is 24.1 Å². The van der Waals surface area contributed by atoms with Crippen LogP contribution in [0.2, 0.25) is 0 Å². The number of rotatable bonds is 5. The van der Waals surface area contributed by atoms with Gasteiger partial charge in [0.15, 0.2) is 0 Å². The lowest BCUT2D eigenvalue weighted by molar-refractivity contribution is -0.109. The number of methoxy groups -OCH3 is 1. The van der Waals surface area contributed by atoms with Crippen LogP contribution in [0.1, 0.15) is 6.42 Å². The van der Waals surface area contributed by atoms with Crippen LogP contribution in [-0.4, -0.2) is 37.5 Å². The second-order valence-electron chi connectivity index (χ2n) is 2.16. The van der Waals surface area contributed by atoms with Gasteiger partial charge in [-0.15, -0.1) is 0 Å². The van der Waals surface area contributed by atoms with Crippen molar-refractivity contribution in [1.82, 2.24) is 5.32 Å². The van der Waals surface area contributed by atoms with E-state index >= 15 is 0 Å². The molecule has 0 aliphatic carbocycles. The van der Waals surface area contributed by atoms with Crippen molar-refractivity contribution in [3.8, 4) is 0 Å². The molecule has 0 fully saturated rings. The van der Waals surface area contributed by atoms with Crippen LogP contribution in [0.5, 0.6) is 0 Å². The van der Waals surface area contributed by atoms with Gasteiger partial charge in [0.25, 0.3) is 0 Å². The molecule has 0 saturated carbocycles. The molecule has 0 aliphatic rings. The van der Waals surface area contributed by atoms with Gasteiger partial charge in [0.1, 0.15) is 6.29 Å². The highest BCUT2D eigenvalue weighted by molar-refractivity contribution is 7.98. The molecular weight excluding hydrogens is 178 g/mol. The highest BCUT2D eigenvalue weighted by Gasteiger charge is 2.09. The molecule has 0 aromatic heterocycles. The predicted octanol–water partition coefficient (Wildman–Crippen LogP) is 0.663. The van der Waals surface area contributed by atoms with Crippen LogP contribution >= 0.6 is 11.8 Å². The van der Waals surface area contributed by atoms with Crippen molar-refractivity contribution < 1.29 is 14.3 Å². The van der Waals surface area contributed by atoms with Crippen LogP contribution in [0.15, 0.2) is 0 Å². The van der Waals surface area contributed by atoms with Crippen LogP contribution in [0, 0.1) is 0 Å². The minimum atomic E-state index is -0.562. The van der Waals surface area contributed by atoms with Crippen LogP contribution in [-0.2, 0) is 9.53 Å². The summed E-state index contributed by atoms with van der Waals surface area (Å²) in [7, 11) is 1.27. The van der Waals surface area contributed by atoms with Crippen molar-refractivity contribution in [1.29, 1.82) is 0 Å². The third-order valence-electron chi connectivity index (χ3n) is 1.29. The largest absolute Gasteiger partial charge is 0.453 e. The Balaban J connectivity index is 3.66. The molecule has 0 aromatic carbocycles. The number of ether oxygens (including phenoxy) is 1.